The molecule has 0 aliphatic carbocycles. The lowest BCUT2D eigenvalue weighted by atomic mass is 9.96. The largest absolute Gasteiger partial charge is 0.468 e. The monoisotopic (exact) mass is 893 g/mol. The molecule has 0 bridgehead atoms. The van der Waals surface area contributed by atoms with Crippen LogP contribution >= 0.6 is 0 Å². The number of rotatable bonds is 48. The number of hydrogen-bond acceptors (Lipinski definition) is 6. The zero-order valence-corrected chi connectivity index (χ0v) is 43.9. The third-order valence-corrected chi connectivity index (χ3v) is 13.1. The Balaban J connectivity index is 0. The van der Waals surface area contributed by atoms with Crippen molar-refractivity contribution in [2.24, 2.45) is 11.8 Å². The van der Waals surface area contributed by atoms with Gasteiger partial charge in [-0.05, 0) is 90.3 Å². The summed E-state index contributed by atoms with van der Waals surface area (Å²) in [5.74, 6) is 1.54. The Morgan fingerprint density at radius 2 is 0.810 bits per heavy atom. The van der Waals surface area contributed by atoms with Crippen LogP contribution < -0.4 is 0 Å². The van der Waals surface area contributed by atoms with Crippen LogP contribution in [0, 0.1) is 11.8 Å². The van der Waals surface area contributed by atoms with E-state index in [0.717, 1.165) is 58.0 Å². The highest BCUT2D eigenvalue weighted by atomic mass is 16.5. The van der Waals surface area contributed by atoms with E-state index in [2.05, 4.69) is 65.4 Å². The van der Waals surface area contributed by atoms with Crippen molar-refractivity contribution in [3.63, 3.8) is 0 Å². The highest BCUT2D eigenvalue weighted by molar-refractivity contribution is 5.76. The second kappa shape index (κ2) is 51.4. The van der Waals surface area contributed by atoms with Gasteiger partial charge >= 0.3 is 5.97 Å². The van der Waals surface area contributed by atoms with Gasteiger partial charge in [-0.3, -0.25) is 14.4 Å². The number of esters is 1. The van der Waals surface area contributed by atoms with E-state index in [4.69, 9.17) is 9.47 Å². The van der Waals surface area contributed by atoms with Gasteiger partial charge in [-0.1, -0.05) is 215 Å². The molecule has 0 aliphatic rings. The van der Waals surface area contributed by atoms with Crippen molar-refractivity contribution in [1.82, 2.24) is 9.80 Å². The summed E-state index contributed by atoms with van der Waals surface area (Å²) in [6.07, 6.45) is 45.6. The van der Waals surface area contributed by atoms with Gasteiger partial charge in [0.05, 0.1) is 13.2 Å². The molecule has 2 atom stereocenters. The number of carbonyl (C=O) groups excluding carboxylic acids is 3. The van der Waals surface area contributed by atoms with Crippen LogP contribution in [-0.4, -0.2) is 74.6 Å². The lowest BCUT2D eigenvalue weighted by Gasteiger charge is -2.33. The highest BCUT2D eigenvalue weighted by Crippen LogP contribution is 2.23. The molecule has 63 heavy (non-hydrogen) atoms. The molecule has 0 aromatic carbocycles. The second-order valence-corrected chi connectivity index (χ2v) is 19.6. The molecular formula is C56H112N2O5. The Kier molecular flexibility index (Phi) is 51.7. The van der Waals surface area contributed by atoms with Crippen LogP contribution in [0.3, 0.4) is 0 Å². The van der Waals surface area contributed by atoms with Crippen molar-refractivity contribution in [1.29, 1.82) is 0 Å². The van der Waals surface area contributed by atoms with E-state index in [1.54, 1.807) is 0 Å². The first kappa shape index (κ1) is 63.5. The average Bonchev–Trinajstić information content (AvgIpc) is 3.28. The maximum atomic E-state index is 13.7. The molecule has 0 heterocycles. The van der Waals surface area contributed by atoms with Crippen LogP contribution in [0.2, 0.25) is 0 Å². The summed E-state index contributed by atoms with van der Waals surface area (Å²) in [6, 6.07) is 0.392. The molecule has 2 unspecified atom stereocenters. The van der Waals surface area contributed by atoms with E-state index in [-0.39, 0.29) is 5.97 Å². The van der Waals surface area contributed by atoms with Gasteiger partial charge in [-0.25, -0.2) is 0 Å². The lowest BCUT2D eigenvalue weighted by Crippen LogP contribution is -2.41. The van der Waals surface area contributed by atoms with E-state index in [1.165, 1.54) is 193 Å². The number of nitrogens with zero attached hydrogens (tertiary/aromatic N) is 2. The third kappa shape index (κ3) is 45.3. The Labute approximate surface area is 394 Å². The fourth-order valence-corrected chi connectivity index (χ4v) is 8.84. The molecule has 376 valence electrons. The Hall–Kier alpha value is -1.63. The van der Waals surface area contributed by atoms with Gasteiger partial charge in [0.1, 0.15) is 0 Å². The first-order valence-electron chi connectivity index (χ1n) is 27.9. The highest BCUT2D eigenvalue weighted by Gasteiger charge is 2.23. The van der Waals surface area contributed by atoms with E-state index in [1.807, 2.05) is 0 Å². The molecule has 0 aromatic heterocycles. The smallest absolute Gasteiger partial charge is 0.305 e. The molecule has 0 fully saturated rings. The number of ether oxygens (including phenoxy) is 2. The summed E-state index contributed by atoms with van der Waals surface area (Å²) in [6.45, 7) is 17.2. The molecule has 0 N–H and O–H groups in total. The van der Waals surface area contributed by atoms with Gasteiger partial charge in [-0.2, -0.15) is 0 Å². The molecule has 7 heteroatoms. The van der Waals surface area contributed by atoms with E-state index >= 15 is 0 Å². The van der Waals surface area contributed by atoms with Crippen molar-refractivity contribution in [2.45, 2.75) is 292 Å². The SMILES string of the molecule is CCCCCCC(CCCC)COC=O.CCCCCCCCCC(CCCCCCCCC(=O)OCC(CCCC)CCCC)N(CCCN(C)C)C(=O)CCCCCCCC. The first-order valence-corrected chi connectivity index (χ1v) is 27.9. The first-order chi connectivity index (χ1) is 30.7. The summed E-state index contributed by atoms with van der Waals surface area (Å²) in [7, 11) is 4.28. The molecule has 0 rings (SSSR count). The third-order valence-electron chi connectivity index (χ3n) is 13.1. The molecule has 0 saturated carbocycles. The van der Waals surface area contributed by atoms with Gasteiger partial charge in [0, 0.05) is 25.4 Å². The zero-order chi connectivity index (χ0) is 46.9. The molecule has 7 nitrogen and oxygen atoms in total. The maximum Gasteiger partial charge on any atom is 0.305 e. The minimum absolute atomic E-state index is 0.00110. The molecule has 0 aromatic rings. The molecule has 0 saturated heterocycles. The normalized spacial score (nSPS) is 12.3. The van der Waals surface area contributed by atoms with Gasteiger partial charge in [0.15, 0.2) is 0 Å². The van der Waals surface area contributed by atoms with Crippen molar-refractivity contribution in [2.75, 3.05) is 40.4 Å². The molecule has 0 spiro atoms. The van der Waals surface area contributed by atoms with Crippen molar-refractivity contribution >= 4 is 18.3 Å². The Bertz CT molecular complexity index is 937. The minimum atomic E-state index is 0.00110. The topological polar surface area (TPSA) is 76.2 Å². The van der Waals surface area contributed by atoms with Gasteiger partial charge < -0.3 is 19.3 Å². The van der Waals surface area contributed by atoms with Crippen LogP contribution in [0.25, 0.3) is 0 Å². The van der Waals surface area contributed by atoms with Crippen LogP contribution in [0.15, 0.2) is 0 Å². The fourth-order valence-electron chi connectivity index (χ4n) is 8.84. The number of amides is 1. The van der Waals surface area contributed by atoms with Gasteiger partial charge in [0.2, 0.25) is 5.91 Å². The van der Waals surface area contributed by atoms with Crippen molar-refractivity contribution in [3.8, 4) is 0 Å². The summed E-state index contributed by atoms with van der Waals surface area (Å²) in [4.78, 5) is 40.8. The molecule has 0 radical (unpaired) electrons. The second-order valence-electron chi connectivity index (χ2n) is 19.6. The fraction of sp³-hybridized carbons (Fsp3) is 0.946. The lowest BCUT2D eigenvalue weighted by molar-refractivity contribution is -0.145. The van der Waals surface area contributed by atoms with Crippen LogP contribution in [0.4, 0.5) is 0 Å². The standard InChI is InChI=1S/C43H86N2O3.C13H26O2/c1-7-11-15-17-19-22-26-33-41(45(38-30-37-44(5)6)42(46)35-28-24-18-16-12-8-2)34-27-23-20-21-25-29-36-43(47)48-39-40(31-13-9-3)32-14-10-4;1-3-5-7-8-10-13(9-6-4-2)11-15-12-14/h40-41H,7-39H2,1-6H3;12-13H,3-11H2,1-2H3. The van der Waals surface area contributed by atoms with Crippen LogP contribution in [-0.2, 0) is 23.9 Å². The molecular weight excluding hydrogens is 781 g/mol. The zero-order valence-electron chi connectivity index (χ0n) is 43.9. The van der Waals surface area contributed by atoms with E-state index in [9.17, 15) is 14.4 Å². The van der Waals surface area contributed by atoms with Crippen molar-refractivity contribution in [3.05, 3.63) is 0 Å². The van der Waals surface area contributed by atoms with Crippen molar-refractivity contribution < 1.29 is 23.9 Å². The van der Waals surface area contributed by atoms with Gasteiger partial charge in [-0.15, -0.1) is 0 Å². The van der Waals surface area contributed by atoms with E-state index < -0.39 is 0 Å². The summed E-state index contributed by atoms with van der Waals surface area (Å²) in [5, 5.41) is 0. The predicted octanol–water partition coefficient (Wildman–Crippen LogP) is 16.6. The molecule has 0 aliphatic heterocycles. The number of carbonyl (C=O) groups is 3. The van der Waals surface area contributed by atoms with Crippen LogP contribution in [0.5, 0.6) is 0 Å². The molecule has 1 amide bonds. The number of unbranched alkanes of at least 4 members (excludes halogenated alkanes) is 22. The average molecular weight is 894 g/mol. The summed E-state index contributed by atoms with van der Waals surface area (Å²) >= 11 is 0. The predicted molar refractivity (Wildman–Crippen MR) is 273 cm³/mol. The van der Waals surface area contributed by atoms with E-state index in [0.29, 0.717) is 49.9 Å². The Morgan fingerprint density at radius 3 is 1.27 bits per heavy atom. The summed E-state index contributed by atoms with van der Waals surface area (Å²) in [5.41, 5.74) is 0. The quantitative estimate of drug-likeness (QED) is 0.0344. The van der Waals surface area contributed by atoms with Crippen LogP contribution in [0.1, 0.15) is 286 Å². The maximum absolute atomic E-state index is 13.7. The summed E-state index contributed by atoms with van der Waals surface area (Å²) < 4.78 is 10.6. The minimum Gasteiger partial charge on any atom is -0.468 e. The Morgan fingerprint density at radius 1 is 0.429 bits per heavy atom. The number of hydrogen-bond donors (Lipinski definition) is 0. The van der Waals surface area contributed by atoms with Gasteiger partial charge in [0.25, 0.3) is 6.47 Å².